The van der Waals surface area contributed by atoms with Gasteiger partial charge in [0.15, 0.2) is 14.1 Å². The van der Waals surface area contributed by atoms with Crippen LogP contribution < -0.4 is 0 Å². The quantitative estimate of drug-likeness (QED) is 0.387. The molecule has 4 nitrogen and oxygen atoms in total. The highest BCUT2D eigenvalue weighted by atomic mass is 28.4. The molecule has 1 aliphatic carbocycles. The average Bonchev–Trinajstić information content (AvgIpc) is 2.69. The fourth-order valence-corrected chi connectivity index (χ4v) is 4.18. The minimum absolute atomic E-state index is 0.0719. The van der Waals surface area contributed by atoms with Crippen LogP contribution in [0.15, 0.2) is 11.6 Å². The van der Waals surface area contributed by atoms with Gasteiger partial charge in [-0.15, -0.1) is 5.92 Å². The molecule has 0 N–H and O–H groups in total. The van der Waals surface area contributed by atoms with Crippen LogP contribution >= 0.6 is 0 Å². The van der Waals surface area contributed by atoms with Gasteiger partial charge in [-0.3, -0.25) is 9.59 Å². The molecule has 0 aliphatic heterocycles. The second kappa shape index (κ2) is 8.79. The van der Waals surface area contributed by atoms with Crippen LogP contribution in [0.1, 0.15) is 32.1 Å². The van der Waals surface area contributed by atoms with Gasteiger partial charge in [0.2, 0.25) is 8.32 Å². The van der Waals surface area contributed by atoms with E-state index in [1.165, 1.54) is 0 Å². The molecule has 0 aromatic carbocycles. The number of unbranched alkanes of at least 4 members (excludes halogenated alkanes) is 1. The summed E-state index contributed by atoms with van der Waals surface area (Å²) in [4.78, 5) is 23.5. The average molecular weight is 367 g/mol. The van der Waals surface area contributed by atoms with E-state index < -0.39 is 16.6 Å². The first-order chi connectivity index (χ1) is 11.0. The molecular weight excluding hydrogens is 336 g/mol. The van der Waals surface area contributed by atoms with E-state index >= 15 is 0 Å². The maximum absolute atomic E-state index is 12.0. The summed E-state index contributed by atoms with van der Waals surface area (Å²) in [6.45, 7) is 12.4. The number of carbonyl (C=O) groups is 2. The fourth-order valence-electron chi connectivity index (χ4n) is 2.34. The fraction of sp³-hybridized carbons (Fsp3) is 0.667. The van der Waals surface area contributed by atoms with Crippen LogP contribution in [0.4, 0.5) is 0 Å². The van der Waals surface area contributed by atoms with E-state index in [0.29, 0.717) is 32.1 Å². The zero-order chi connectivity index (χ0) is 18.4. The van der Waals surface area contributed by atoms with Crippen LogP contribution in [0.25, 0.3) is 0 Å². The van der Waals surface area contributed by atoms with E-state index in [4.69, 9.17) is 8.85 Å². The Morgan fingerprint density at radius 1 is 1.17 bits per heavy atom. The molecule has 0 bridgehead atoms. The van der Waals surface area contributed by atoms with Crippen molar-refractivity contribution in [3.63, 3.8) is 0 Å². The third-order valence-electron chi connectivity index (χ3n) is 3.14. The van der Waals surface area contributed by atoms with Crippen molar-refractivity contribution in [3.8, 4) is 11.8 Å². The molecule has 0 fully saturated rings. The Hall–Kier alpha value is -1.17. The zero-order valence-corrected chi connectivity index (χ0v) is 17.8. The molecule has 6 heteroatoms. The van der Waals surface area contributed by atoms with Crippen molar-refractivity contribution in [1.29, 1.82) is 0 Å². The van der Waals surface area contributed by atoms with Gasteiger partial charge in [0.1, 0.15) is 0 Å². The number of hydrogen-bond donors (Lipinski definition) is 0. The second-order valence-corrected chi connectivity index (χ2v) is 16.9. The highest BCUT2D eigenvalue weighted by Crippen LogP contribution is 2.23. The molecular formula is C18H30O4Si2. The Morgan fingerprint density at radius 2 is 1.83 bits per heavy atom. The predicted octanol–water partition coefficient (Wildman–Crippen LogP) is 4.05. The van der Waals surface area contributed by atoms with Gasteiger partial charge in [-0.05, 0) is 51.8 Å². The molecule has 0 aromatic heterocycles. The second-order valence-electron chi connectivity index (χ2n) is 8.06. The summed E-state index contributed by atoms with van der Waals surface area (Å²) in [5.41, 5.74) is 0.767. The summed E-state index contributed by atoms with van der Waals surface area (Å²) < 4.78 is 11.3. The Kier molecular flexibility index (Phi) is 7.65. The van der Waals surface area contributed by atoms with Crippen LogP contribution in [-0.4, -0.2) is 34.5 Å². The van der Waals surface area contributed by atoms with Gasteiger partial charge in [-0.1, -0.05) is 5.92 Å². The number of ketones is 1. The monoisotopic (exact) mass is 366 g/mol. The highest BCUT2D eigenvalue weighted by Gasteiger charge is 2.28. The van der Waals surface area contributed by atoms with Crippen molar-refractivity contribution in [2.45, 2.75) is 77.5 Å². The normalized spacial score (nSPS) is 18.0. The first-order valence-electron chi connectivity index (χ1n) is 8.55. The predicted molar refractivity (Wildman–Crippen MR) is 102 cm³/mol. The highest BCUT2D eigenvalue weighted by molar-refractivity contribution is 6.71. The summed E-state index contributed by atoms with van der Waals surface area (Å²) in [5, 5.41) is 0. The third kappa shape index (κ3) is 9.21. The Morgan fingerprint density at radius 3 is 2.42 bits per heavy atom. The molecule has 0 spiro atoms. The van der Waals surface area contributed by atoms with Crippen molar-refractivity contribution < 1.29 is 18.4 Å². The molecule has 0 saturated carbocycles. The van der Waals surface area contributed by atoms with Gasteiger partial charge in [-0.2, -0.15) is 0 Å². The first-order valence-corrected chi connectivity index (χ1v) is 15.4. The SMILES string of the molecule is C[Si](C)(C)OC(=O)CCCC#CCC1=CC(O[Si](C)(C)C)CC1=O. The van der Waals surface area contributed by atoms with Gasteiger partial charge < -0.3 is 8.85 Å². The van der Waals surface area contributed by atoms with Gasteiger partial charge in [0.25, 0.3) is 5.97 Å². The topological polar surface area (TPSA) is 52.6 Å². The summed E-state index contributed by atoms with van der Waals surface area (Å²) in [6, 6.07) is 0. The maximum Gasteiger partial charge on any atom is 0.292 e. The molecule has 0 saturated heterocycles. The summed E-state index contributed by atoms with van der Waals surface area (Å²) >= 11 is 0. The van der Waals surface area contributed by atoms with Crippen molar-refractivity contribution in [3.05, 3.63) is 11.6 Å². The van der Waals surface area contributed by atoms with Crippen molar-refractivity contribution >= 4 is 28.4 Å². The molecule has 0 aromatic rings. The van der Waals surface area contributed by atoms with Crippen molar-refractivity contribution in [2.75, 3.05) is 0 Å². The number of carbonyl (C=O) groups excluding carboxylic acids is 2. The van der Waals surface area contributed by atoms with Crippen molar-refractivity contribution in [1.82, 2.24) is 0 Å². The molecule has 0 amide bonds. The van der Waals surface area contributed by atoms with Gasteiger partial charge in [0, 0.05) is 31.3 Å². The summed E-state index contributed by atoms with van der Waals surface area (Å²) in [7, 11) is -3.42. The van der Waals surface area contributed by atoms with Crippen molar-refractivity contribution in [2.24, 2.45) is 0 Å². The number of hydrogen-bond acceptors (Lipinski definition) is 4. The Balaban J connectivity index is 2.32. The molecule has 1 rings (SSSR count). The van der Waals surface area contributed by atoms with Crippen LogP contribution in [0.5, 0.6) is 0 Å². The lowest BCUT2D eigenvalue weighted by Gasteiger charge is -2.21. The standard InChI is InChI=1S/C18H30O4Si2/c1-23(2,3)21-16-13-15(17(19)14-16)11-9-7-8-10-12-18(20)22-24(4,5)6/h13,16H,8,10-12,14H2,1-6H3. The molecule has 1 aliphatic rings. The molecule has 0 radical (unpaired) electrons. The van der Waals surface area contributed by atoms with E-state index in [1.807, 2.05) is 25.7 Å². The Labute approximate surface area is 148 Å². The zero-order valence-electron chi connectivity index (χ0n) is 15.8. The lowest BCUT2D eigenvalue weighted by Crippen LogP contribution is -2.30. The molecule has 24 heavy (non-hydrogen) atoms. The number of rotatable bonds is 7. The minimum Gasteiger partial charge on any atom is -0.520 e. The number of allylic oxidation sites excluding steroid dienone is 1. The molecule has 1 atom stereocenters. The smallest absolute Gasteiger partial charge is 0.292 e. The third-order valence-corrected chi connectivity index (χ3v) is 4.99. The lowest BCUT2D eigenvalue weighted by molar-refractivity contribution is -0.135. The molecule has 134 valence electrons. The van der Waals surface area contributed by atoms with Gasteiger partial charge in [0.05, 0.1) is 6.10 Å². The lowest BCUT2D eigenvalue weighted by atomic mass is 10.1. The van der Waals surface area contributed by atoms with Crippen LogP contribution in [-0.2, 0) is 18.4 Å². The molecule has 1 unspecified atom stereocenters. The van der Waals surface area contributed by atoms with Gasteiger partial charge >= 0.3 is 0 Å². The summed E-state index contributed by atoms with van der Waals surface area (Å²) in [5.74, 6) is 6.09. The molecule has 0 heterocycles. The van der Waals surface area contributed by atoms with Crippen LogP contribution in [0, 0.1) is 11.8 Å². The number of Topliss-reactive ketones (excluding diaryl/α,β-unsaturated/α-hetero) is 1. The first kappa shape index (κ1) is 20.9. The largest absolute Gasteiger partial charge is 0.520 e. The van der Waals surface area contributed by atoms with E-state index in [9.17, 15) is 9.59 Å². The maximum atomic E-state index is 12.0. The van der Waals surface area contributed by atoms with E-state index in [0.717, 1.165) is 5.57 Å². The van der Waals surface area contributed by atoms with E-state index in [1.54, 1.807) is 0 Å². The minimum atomic E-state index is -1.78. The van der Waals surface area contributed by atoms with Crippen LogP contribution in [0.3, 0.4) is 0 Å². The van der Waals surface area contributed by atoms with Crippen LogP contribution in [0.2, 0.25) is 39.3 Å². The Bertz CT molecular complexity index is 556. The van der Waals surface area contributed by atoms with E-state index in [2.05, 4.69) is 31.5 Å². The van der Waals surface area contributed by atoms with Gasteiger partial charge in [-0.25, -0.2) is 0 Å². The van der Waals surface area contributed by atoms with E-state index in [-0.39, 0.29) is 17.9 Å². The summed E-state index contributed by atoms with van der Waals surface area (Å²) in [6.07, 6.45) is 4.54.